The van der Waals surface area contributed by atoms with Crippen LogP contribution in [0.4, 0.5) is 5.69 Å². The smallest absolute Gasteiger partial charge is 0.0374 e. The van der Waals surface area contributed by atoms with E-state index in [0.717, 1.165) is 16.8 Å². The van der Waals surface area contributed by atoms with Gasteiger partial charge in [-0.3, -0.25) is 0 Å². The molecule has 0 spiro atoms. The van der Waals surface area contributed by atoms with Crippen LogP contribution in [0.2, 0.25) is 0 Å². The molecule has 0 fully saturated rings. The summed E-state index contributed by atoms with van der Waals surface area (Å²) in [4.78, 5) is 0. The Morgan fingerprint density at radius 2 is 2.17 bits per heavy atom. The lowest BCUT2D eigenvalue weighted by atomic mass is 10.1. The Morgan fingerprint density at radius 3 is 2.67 bits per heavy atom. The number of nitrogens with two attached hydrogens (primary N) is 1. The maximum atomic E-state index is 5.62. The molecule has 0 saturated carbocycles. The quantitative estimate of drug-likeness (QED) is 0.697. The van der Waals surface area contributed by atoms with Gasteiger partial charge in [-0.05, 0) is 18.6 Å². The van der Waals surface area contributed by atoms with Gasteiger partial charge in [-0.1, -0.05) is 18.7 Å². The second-order valence-corrected chi connectivity index (χ2v) is 2.75. The molecule has 0 saturated heterocycles. The van der Waals surface area contributed by atoms with E-state index in [4.69, 9.17) is 5.73 Å². The van der Waals surface area contributed by atoms with Gasteiger partial charge in [-0.15, -0.1) is 0 Å². The number of hydrogen-bond donors (Lipinski definition) is 2. The van der Waals surface area contributed by atoms with Crippen LogP contribution in [0.25, 0.3) is 5.70 Å². The van der Waals surface area contributed by atoms with Crippen molar-refractivity contribution < 1.29 is 0 Å². The molecule has 0 heterocycles. The van der Waals surface area contributed by atoms with E-state index in [0.29, 0.717) is 5.70 Å². The molecule has 0 atom stereocenters. The Kier molecular flexibility index (Phi) is 2.38. The molecule has 64 valence electrons. The van der Waals surface area contributed by atoms with Crippen LogP contribution in [-0.2, 0) is 0 Å². The first-order valence-corrected chi connectivity index (χ1v) is 3.89. The second-order valence-electron chi connectivity index (χ2n) is 2.75. The Labute approximate surface area is 73.1 Å². The van der Waals surface area contributed by atoms with Crippen molar-refractivity contribution in [1.82, 2.24) is 0 Å². The molecule has 2 nitrogen and oxygen atoms in total. The molecule has 0 aliphatic heterocycles. The lowest BCUT2D eigenvalue weighted by molar-refractivity contribution is 1.36. The van der Waals surface area contributed by atoms with Gasteiger partial charge in [0.05, 0.1) is 0 Å². The summed E-state index contributed by atoms with van der Waals surface area (Å²) in [6.07, 6.45) is 0. The van der Waals surface area contributed by atoms with Crippen molar-refractivity contribution in [1.29, 1.82) is 0 Å². The summed E-state index contributed by atoms with van der Waals surface area (Å²) in [6.45, 7) is 5.74. The first-order chi connectivity index (χ1) is 5.66. The molecule has 0 radical (unpaired) electrons. The number of nitrogens with one attached hydrogen (secondary N) is 1. The lowest BCUT2D eigenvalue weighted by Crippen LogP contribution is -2.00. The van der Waals surface area contributed by atoms with Crippen LogP contribution >= 0.6 is 0 Å². The molecule has 1 aromatic carbocycles. The minimum Gasteiger partial charge on any atom is -0.399 e. The standard InChI is InChI=1S/C10H14N2/c1-7-9(8(2)11)5-4-6-10(7)12-3/h4-6,12H,2,11H2,1,3H3. The number of benzene rings is 1. The molecular weight excluding hydrogens is 148 g/mol. The highest BCUT2D eigenvalue weighted by atomic mass is 14.8. The molecule has 1 aromatic rings. The predicted octanol–water partition coefficient (Wildman–Crippen LogP) is 1.97. The van der Waals surface area contributed by atoms with Crippen molar-refractivity contribution in [3.05, 3.63) is 35.9 Å². The first kappa shape index (κ1) is 8.65. The van der Waals surface area contributed by atoms with Gasteiger partial charge in [0, 0.05) is 24.0 Å². The second kappa shape index (κ2) is 3.30. The van der Waals surface area contributed by atoms with Gasteiger partial charge in [-0.25, -0.2) is 0 Å². The van der Waals surface area contributed by atoms with Gasteiger partial charge in [-0.2, -0.15) is 0 Å². The third-order valence-corrected chi connectivity index (χ3v) is 1.95. The van der Waals surface area contributed by atoms with Gasteiger partial charge in [0.1, 0.15) is 0 Å². The van der Waals surface area contributed by atoms with E-state index >= 15 is 0 Å². The summed E-state index contributed by atoms with van der Waals surface area (Å²) in [7, 11) is 1.89. The SMILES string of the molecule is C=C(N)c1cccc(NC)c1C. The van der Waals surface area contributed by atoms with E-state index in [2.05, 4.69) is 11.9 Å². The fourth-order valence-corrected chi connectivity index (χ4v) is 1.25. The monoisotopic (exact) mass is 162 g/mol. The fourth-order valence-electron chi connectivity index (χ4n) is 1.25. The van der Waals surface area contributed by atoms with Crippen molar-refractivity contribution in [2.24, 2.45) is 5.73 Å². The van der Waals surface area contributed by atoms with Crippen LogP contribution in [0, 0.1) is 6.92 Å². The molecule has 12 heavy (non-hydrogen) atoms. The molecule has 0 bridgehead atoms. The van der Waals surface area contributed by atoms with Crippen LogP contribution in [0.5, 0.6) is 0 Å². The maximum Gasteiger partial charge on any atom is 0.0374 e. The highest BCUT2D eigenvalue weighted by Gasteiger charge is 2.02. The summed E-state index contributed by atoms with van der Waals surface area (Å²) in [5.74, 6) is 0. The third kappa shape index (κ3) is 1.42. The number of rotatable bonds is 2. The van der Waals surface area contributed by atoms with E-state index in [-0.39, 0.29) is 0 Å². The van der Waals surface area contributed by atoms with Crippen molar-refractivity contribution in [2.75, 3.05) is 12.4 Å². The summed E-state index contributed by atoms with van der Waals surface area (Å²) < 4.78 is 0. The van der Waals surface area contributed by atoms with Gasteiger partial charge in [0.25, 0.3) is 0 Å². The average Bonchev–Trinajstić information content (AvgIpc) is 2.04. The van der Waals surface area contributed by atoms with Crippen LogP contribution in [0.3, 0.4) is 0 Å². The summed E-state index contributed by atoms with van der Waals surface area (Å²) >= 11 is 0. The lowest BCUT2D eigenvalue weighted by Gasteiger charge is -2.09. The average molecular weight is 162 g/mol. The van der Waals surface area contributed by atoms with Gasteiger partial charge in [0.2, 0.25) is 0 Å². The zero-order chi connectivity index (χ0) is 9.14. The highest BCUT2D eigenvalue weighted by molar-refractivity contribution is 5.69. The van der Waals surface area contributed by atoms with Gasteiger partial charge < -0.3 is 11.1 Å². The molecular formula is C10H14N2. The van der Waals surface area contributed by atoms with E-state index in [1.54, 1.807) is 0 Å². The zero-order valence-electron chi connectivity index (χ0n) is 7.52. The van der Waals surface area contributed by atoms with E-state index in [1.807, 2.05) is 32.2 Å². The van der Waals surface area contributed by atoms with E-state index in [1.165, 1.54) is 0 Å². The molecule has 2 heteroatoms. The third-order valence-electron chi connectivity index (χ3n) is 1.95. The molecule has 0 aliphatic carbocycles. The Morgan fingerprint density at radius 1 is 1.50 bits per heavy atom. The molecule has 0 aromatic heterocycles. The van der Waals surface area contributed by atoms with Crippen LogP contribution < -0.4 is 11.1 Å². The van der Waals surface area contributed by atoms with Crippen molar-refractivity contribution in [3.63, 3.8) is 0 Å². The summed E-state index contributed by atoms with van der Waals surface area (Å²) in [5, 5.41) is 3.09. The van der Waals surface area contributed by atoms with Crippen molar-refractivity contribution >= 4 is 11.4 Å². The number of anilines is 1. The summed E-state index contributed by atoms with van der Waals surface area (Å²) in [5.41, 5.74) is 9.49. The van der Waals surface area contributed by atoms with Crippen LogP contribution in [-0.4, -0.2) is 7.05 Å². The first-order valence-electron chi connectivity index (χ1n) is 3.89. The largest absolute Gasteiger partial charge is 0.399 e. The maximum absolute atomic E-state index is 5.62. The zero-order valence-corrected chi connectivity index (χ0v) is 7.52. The van der Waals surface area contributed by atoms with Crippen LogP contribution in [0.15, 0.2) is 24.8 Å². The normalized spacial score (nSPS) is 9.50. The van der Waals surface area contributed by atoms with Crippen molar-refractivity contribution in [2.45, 2.75) is 6.92 Å². The Bertz CT molecular complexity index is 303. The molecule has 0 amide bonds. The van der Waals surface area contributed by atoms with Gasteiger partial charge in [0.15, 0.2) is 0 Å². The minimum absolute atomic E-state index is 0.615. The van der Waals surface area contributed by atoms with E-state index < -0.39 is 0 Å². The van der Waals surface area contributed by atoms with Crippen LogP contribution in [0.1, 0.15) is 11.1 Å². The Balaban J connectivity index is 3.23. The number of hydrogen-bond acceptors (Lipinski definition) is 2. The molecule has 3 N–H and O–H groups in total. The molecule has 1 rings (SSSR count). The van der Waals surface area contributed by atoms with Gasteiger partial charge >= 0.3 is 0 Å². The fraction of sp³-hybridized carbons (Fsp3) is 0.200. The van der Waals surface area contributed by atoms with Crippen molar-refractivity contribution in [3.8, 4) is 0 Å². The minimum atomic E-state index is 0.615. The predicted molar refractivity (Wildman–Crippen MR) is 53.9 cm³/mol. The summed E-state index contributed by atoms with van der Waals surface area (Å²) in [6, 6.07) is 5.95. The molecule has 0 unspecified atom stereocenters. The highest BCUT2D eigenvalue weighted by Crippen LogP contribution is 2.20. The Hall–Kier alpha value is -1.44. The van der Waals surface area contributed by atoms with E-state index in [9.17, 15) is 0 Å². The topological polar surface area (TPSA) is 38.0 Å². The molecule has 0 aliphatic rings.